The molecule has 26 heteroatoms. The highest BCUT2D eigenvalue weighted by Gasteiger charge is 2.41. The average Bonchev–Trinajstić information content (AvgIpc) is 3.67. The van der Waals surface area contributed by atoms with E-state index in [1.165, 1.54) is 23.5 Å². The number of azide groups is 2. The van der Waals surface area contributed by atoms with Crippen LogP contribution < -0.4 is 11.4 Å². The van der Waals surface area contributed by atoms with Crippen LogP contribution in [0, 0.1) is 0 Å². The molecule has 2 amide bonds. The van der Waals surface area contributed by atoms with Gasteiger partial charge in [0.25, 0.3) is 0 Å². The maximum Gasteiger partial charge on any atom is 0.410 e. The van der Waals surface area contributed by atoms with Crippen molar-refractivity contribution in [1.29, 1.82) is 0 Å². The van der Waals surface area contributed by atoms with Gasteiger partial charge in [-0.25, -0.2) is 28.8 Å². The number of amides is 2. The Morgan fingerprint density at radius 2 is 1.00 bits per heavy atom. The van der Waals surface area contributed by atoms with E-state index in [0.717, 1.165) is 4.57 Å². The van der Waals surface area contributed by atoms with E-state index in [9.17, 15) is 33.9 Å². The lowest BCUT2D eigenvalue weighted by atomic mass is 10.2. The molecule has 1 N–H and O–H groups in total. The Labute approximate surface area is 431 Å². The van der Waals surface area contributed by atoms with Gasteiger partial charge in [0.1, 0.15) is 11.2 Å². The summed E-state index contributed by atoms with van der Waals surface area (Å²) in [5, 5.41) is 17.5. The Hall–Kier alpha value is -5.53. The van der Waals surface area contributed by atoms with Crippen molar-refractivity contribution in [3.05, 3.63) is 64.6 Å². The number of carbonyl (C=O) groups excluding carboxylic acids is 4. The highest BCUT2D eigenvalue weighted by molar-refractivity contribution is 6.78. The van der Waals surface area contributed by atoms with Crippen molar-refractivity contribution >= 4 is 40.5 Å². The summed E-state index contributed by atoms with van der Waals surface area (Å²) in [6.07, 6.45) is -2.87. The number of nitrogens with zero attached hydrogens (tertiary/aromatic N) is 12. The second-order valence-corrected chi connectivity index (χ2v) is 34.2. The quantitative estimate of drug-likeness (QED) is 0.0464. The minimum Gasteiger partial charge on any atom is -0.461 e. The molecule has 2 unspecified atom stereocenters. The van der Waals surface area contributed by atoms with Gasteiger partial charge in [0.05, 0.1) is 76.1 Å². The molecule has 0 saturated heterocycles. The van der Waals surface area contributed by atoms with E-state index in [2.05, 4.69) is 94.3 Å². The van der Waals surface area contributed by atoms with Gasteiger partial charge in [0.2, 0.25) is 0 Å². The molecule has 412 valence electrons. The number of fused-ring (bicyclic) bond motifs is 2. The summed E-state index contributed by atoms with van der Waals surface area (Å²) in [6.45, 7) is 39.1. The summed E-state index contributed by atoms with van der Waals surface area (Å²) in [5.74, 6) is -1.40. The van der Waals surface area contributed by atoms with Crippen molar-refractivity contribution in [3.63, 3.8) is 0 Å². The fourth-order valence-corrected chi connectivity index (χ4v) is 7.97. The summed E-state index contributed by atoms with van der Waals surface area (Å²) in [7, 11) is -3.16. The van der Waals surface area contributed by atoms with Gasteiger partial charge in [-0.05, 0) is 89.6 Å². The van der Waals surface area contributed by atoms with Crippen LogP contribution in [0.4, 0.5) is 9.59 Å². The SMILES string of the molecule is CC(C)(C)[Si](C)(C)C.CCOC(=O)c1c2n(c(=O)n1CC(CN=[N+]=[N-])O[Si](C)(C)C(C)(C)C)CCN(C(=O)OC(C)(C)C)C2.CCOC(=O)c1c2n(c(=O)n1CC(O)CN=[N+]=[N-])CCN(C(=O)OC(C)(C)C)C2. The number of esters is 2. The van der Waals surface area contributed by atoms with Gasteiger partial charge < -0.3 is 38.3 Å². The van der Waals surface area contributed by atoms with Crippen LogP contribution in [-0.4, -0.2) is 136 Å². The molecule has 0 aliphatic carbocycles. The zero-order valence-corrected chi connectivity index (χ0v) is 48.9. The number of imidazole rings is 2. The van der Waals surface area contributed by atoms with Gasteiger partial charge in [-0.2, -0.15) is 0 Å². The number of rotatable bonds is 14. The van der Waals surface area contributed by atoms with Crippen molar-refractivity contribution < 1.29 is 47.7 Å². The minimum atomic E-state index is -2.30. The zero-order valence-electron chi connectivity index (χ0n) is 46.9. The van der Waals surface area contributed by atoms with Crippen LogP contribution in [0.25, 0.3) is 20.9 Å². The molecule has 2 aromatic rings. The summed E-state index contributed by atoms with van der Waals surface area (Å²) in [4.78, 5) is 85.3. The number of aliphatic hydroxyl groups is 1. The number of aromatic nitrogens is 4. The Balaban J connectivity index is 0.000000441. The fraction of sp³-hybridized carbons (Fsp3) is 0.787. The smallest absolute Gasteiger partial charge is 0.410 e. The van der Waals surface area contributed by atoms with E-state index >= 15 is 0 Å². The second-order valence-electron chi connectivity index (χ2n) is 23.4. The monoisotopic (exact) mass is 1060 g/mol. The molecule has 24 nitrogen and oxygen atoms in total. The Morgan fingerprint density at radius 1 is 0.630 bits per heavy atom. The van der Waals surface area contributed by atoms with E-state index in [4.69, 9.17) is 34.4 Å². The molecular weight excluding hydrogens is 981 g/mol. The van der Waals surface area contributed by atoms with Crippen molar-refractivity contribution in [3.8, 4) is 0 Å². The van der Waals surface area contributed by atoms with Crippen molar-refractivity contribution in [2.45, 2.75) is 202 Å². The van der Waals surface area contributed by atoms with Crippen LogP contribution in [-0.2, 0) is 62.6 Å². The predicted octanol–water partition coefficient (Wildman–Crippen LogP) is 8.65. The van der Waals surface area contributed by atoms with E-state index in [0.29, 0.717) is 16.4 Å². The van der Waals surface area contributed by atoms with Crippen LogP contribution in [0.3, 0.4) is 0 Å². The first-order chi connectivity index (χ1) is 33.4. The van der Waals surface area contributed by atoms with E-state index in [-0.39, 0.29) is 95.1 Å². The molecule has 2 aliphatic heterocycles. The Bertz CT molecular complexity index is 2460. The molecular formula is C47H84N12O12Si2. The molecule has 2 atom stereocenters. The average molecular weight is 1070 g/mol. The Kier molecular flexibility index (Phi) is 22.3. The zero-order chi connectivity index (χ0) is 56.2. The predicted molar refractivity (Wildman–Crippen MR) is 282 cm³/mol. The maximum atomic E-state index is 13.5. The number of hydrogen-bond acceptors (Lipinski definition) is 14. The molecule has 4 rings (SSSR count). The summed E-state index contributed by atoms with van der Waals surface area (Å²) in [5.41, 5.74) is 15.8. The number of ether oxygens (including phenoxy) is 4. The normalized spacial score (nSPS) is 14.8. The van der Waals surface area contributed by atoms with Crippen LogP contribution in [0.15, 0.2) is 19.8 Å². The molecule has 0 radical (unpaired) electrons. The minimum absolute atomic E-state index is 0.00224. The van der Waals surface area contributed by atoms with E-state index in [1.807, 2.05) is 0 Å². The third-order valence-electron chi connectivity index (χ3n) is 12.8. The van der Waals surface area contributed by atoms with Crippen LogP contribution in [0.2, 0.25) is 42.8 Å². The van der Waals surface area contributed by atoms with Crippen molar-refractivity contribution in [2.24, 2.45) is 10.2 Å². The van der Waals surface area contributed by atoms with E-state index in [1.54, 1.807) is 55.4 Å². The van der Waals surface area contributed by atoms with Crippen molar-refractivity contribution in [1.82, 2.24) is 28.1 Å². The third-order valence-corrected chi connectivity index (χ3v) is 21.8. The molecule has 0 fully saturated rings. The summed E-state index contributed by atoms with van der Waals surface area (Å²) >= 11 is 0. The standard InChI is InChI=1S/C23H40N6O6Si.C17H26N6O6.C7H18Si/c1-10-33-19(30)18-17-15-27(21(32)34-22(2,3)4)11-12-28(17)20(31)29(18)14-16(13-25-26-24)35-36(8,9)23(5,6)7;1-5-28-14(25)13-12-10-21(16(27)29-17(2,3)4)6-7-22(12)15(26)23(13)9-11(24)8-19-20-18;1-7(2,3)8(4,5)6/h16H,10-15H2,1-9H3;11,24H,5-10H2,1-4H3;1-6H3. The van der Waals surface area contributed by atoms with Crippen molar-refractivity contribution in [2.75, 3.05) is 39.4 Å². The van der Waals surface area contributed by atoms with Crippen LogP contribution in [0.5, 0.6) is 0 Å². The van der Waals surface area contributed by atoms with Gasteiger partial charge in [0, 0.05) is 44.1 Å². The first kappa shape index (κ1) is 63.6. The van der Waals surface area contributed by atoms with Gasteiger partial charge in [0.15, 0.2) is 19.7 Å². The second kappa shape index (κ2) is 25.6. The number of hydrogen-bond donors (Lipinski definition) is 1. The molecule has 4 heterocycles. The fourth-order valence-electron chi connectivity index (χ4n) is 6.64. The number of aliphatic hydroxyl groups excluding tert-OH is 1. The van der Waals surface area contributed by atoms with Crippen LogP contribution >= 0.6 is 0 Å². The third kappa shape index (κ3) is 18.1. The molecule has 0 bridgehead atoms. The highest BCUT2D eigenvalue weighted by Crippen LogP contribution is 2.38. The summed E-state index contributed by atoms with van der Waals surface area (Å²) in [6, 6.07) is 0. The first-order valence-electron chi connectivity index (χ1n) is 24.7. The molecule has 2 aliphatic rings. The lowest BCUT2D eigenvalue weighted by Crippen LogP contribution is -2.46. The van der Waals surface area contributed by atoms with Gasteiger partial charge in [-0.3, -0.25) is 18.3 Å². The number of carbonyl (C=O) groups is 4. The molecule has 2 aromatic heterocycles. The maximum absolute atomic E-state index is 13.5. The Morgan fingerprint density at radius 3 is 1.33 bits per heavy atom. The largest absolute Gasteiger partial charge is 0.461 e. The molecule has 0 spiro atoms. The molecule has 0 saturated carbocycles. The van der Waals surface area contributed by atoms with Gasteiger partial charge >= 0.3 is 35.5 Å². The lowest BCUT2D eigenvalue weighted by molar-refractivity contribution is 0.0186. The molecule has 73 heavy (non-hydrogen) atoms. The molecule has 0 aromatic carbocycles. The lowest BCUT2D eigenvalue weighted by Gasteiger charge is -2.39. The first-order valence-corrected chi connectivity index (χ1v) is 31.1. The van der Waals surface area contributed by atoms with E-state index < -0.39 is 75.3 Å². The topological polar surface area (TPSA) is 293 Å². The van der Waals surface area contributed by atoms with Gasteiger partial charge in [-0.1, -0.05) is 71.4 Å². The highest BCUT2D eigenvalue weighted by atomic mass is 28.4. The van der Waals surface area contributed by atoms with Crippen LogP contribution in [0.1, 0.15) is 129 Å². The summed E-state index contributed by atoms with van der Waals surface area (Å²) < 4.78 is 33.0. The van der Waals surface area contributed by atoms with Gasteiger partial charge in [-0.15, -0.1) is 0 Å².